The Morgan fingerprint density at radius 1 is 1.15 bits per heavy atom. The van der Waals surface area contributed by atoms with Crippen LogP contribution in [0.5, 0.6) is 0 Å². The van der Waals surface area contributed by atoms with Crippen molar-refractivity contribution >= 4 is 0 Å². The summed E-state index contributed by atoms with van der Waals surface area (Å²) in [6.45, 7) is 11.5. The van der Waals surface area contributed by atoms with E-state index in [4.69, 9.17) is 0 Å². The molecule has 1 unspecified atom stereocenters. The lowest BCUT2D eigenvalue weighted by atomic mass is 9.61. The molecule has 33 heavy (non-hydrogen) atoms. The summed E-state index contributed by atoms with van der Waals surface area (Å²) >= 11 is 0. The normalized spacial score (nSPS) is 40.0. The summed E-state index contributed by atoms with van der Waals surface area (Å²) in [5.41, 5.74) is 3.50. The molecule has 3 nitrogen and oxygen atoms in total. The standard InChI is InChI=1S/C28H43F2NO2/c1-18(16-31-12-10-21(17-31)15-27(29)30)23-8-9-24-22(5-4-11-28(23,24)3)7-6-20-13-25(32)19(2)26(33)14-20/h6-7,18,21,23-27,32-33H,2,4-5,8-17H2,1,3H3/b22-7+/t18?,21-,23-,24+,25-,26-,28-/m1/s1. The summed E-state index contributed by atoms with van der Waals surface area (Å²) in [7, 11) is 0. The van der Waals surface area contributed by atoms with Crippen molar-refractivity contribution in [3.8, 4) is 0 Å². The zero-order chi connectivity index (χ0) is 23.8. The van der Waals surface area contributed by atoms with Crippen LogP contribution in [0.2, 0.25) is 0 Å². The molecule has 0 aromatic heterocycles. The van der Waals surface area contributed by atoms with Gasteiger partial charge in [-0.05, 0) is 92.6 Å². The summed E-state index contributed by atoms with van der Waals surface area (Å²) < 4.78 is 25.6. The van der Waals surface area contributed by atoms with Gasteiger partial charge in [0, 0.05) is 19.5 Å². The molecule has 3 saturated carbocycles. The van der Waals surface area contributed by atoms with Crippen LogP contribution in [0.3, 0.4) is 0 Å². The lowest BCUT2D eigenvalue weighted by molar-refractivity contribution is 0.0797. The molecule has 0 amide bonds. The Morgan fingerprint density at radius 3 is 2.58 bits per heavy atom. The van der Waals surface area contributed by atoms with E-state index in [-0.39, 0.29) is 12.3 Å². The summed E-state index contributed by atoms with van der Waals surface area (Å²) in [5, 5.41) is 20.3. The van der Waals surface area contributed by atoms with Crippen molar-refractivity contribution in [2.75, 3.05) is 19.6 Å². The highest BCUT2D eigenvalue weighted by molar-refractivity contribution is 5.29. The van der Waals surface area contributed by atoms with Gasteiger partial charge in [-0.25, -0.2) is 8.78 Å². The largest absolute Gasteiger partial charge is 0.388 e. The Balaban J connectivity index is 1.40. The van der Waals surface area contributed by atoms with E-state index in [0.717, 1.165) is 38.0 Å². The van der Waals surface area contributed by atoms with Crippen molar-refractivity contribution in [1.82, 2.24) is 4.90 Å². The first-order valence-corrected chi connectivity index (χ1v) is 13.1. The molecular formula is C28H43F2NO2. The van der Waals surface area contributed by atoms with Crippen LogP contribution in [-0.4, -0.2) is 53.4 Å². The Labute approximate surface area is 198 Å². The average Bonchev–Trinajstić information content (AvgIpc) is 3.33. The van der Waals surface area contributed by atoms with E-state index >= 15 is 0 Å². The van der Waals surface area contributed by atoms with Gasteiger partial charge in [0.15, 0.2) is 0 Å². The van der Waals surface area contributed by atoms with Gasteiger partial charge >= 0.3 is 0 Å². The van der Waals surface area contributed by atoms with Crippen molar-refractivity contribution in [3.05, 3.63) is 35.5 Å². The molecule has 1 aliphatic heterocycles. The van der Waals surface area contributed by atoms with Crippen LogP contribution in [0.4, 0.5) is 8.78 Å². The lowest BCUT2D eigenvalue weighted by Gasteiger charge is -2.45. The number of nitrogens with zero attached hydrogens (tertiary/aromatic N) is 1. The van der Waals surface area contributed by atoms with Crippen LogP contribution in [0.25, 0.3) is 0 Å². The second kappa shape index (κ2) is 10.3. The van der Waals surface area contributed by atoms with Crippen molar-refractivity contribution in [2.24, 2.45) is 29.1 Å². The van der Waals surface area contributed by atoms with Crippen LogP contribution in [0, 0.1) is 29.1 Å². The zero-order valence-corrected chi connectivity index (χ0v) is 20.5. The maximum atomic E-state index is 12.8. The maximum Gasteiger partial charge on any atom is 0.238 e. The first kappa shape index (κ1) is 25.1. The predicted molar refractivity (Wildman–Crippen MR) is 129 cm³/mol. The van der Waals surface area contributed by atoms with Crippen LogP contribution >= 0.6 is 0 Å². The molecule has 3 aliphatic carbocycles. The Morgan fingerprint density at radius 2 is 1.88 bits per heavy atom. The Kier molecular flexibility index (Phi) is 7.82. The van der Waals surface area contributed by atoms with Crippen LogP contribution < -0.4 is 0 Å². The maximum absolute atomic E-state index is 12.8. The first-order chi connectivity index (χ1) is 15.7. The topological polar surface area (TPSA) is 43.7 Å². The number of aliphatic hydroxyl groups excluding tert-OH is 2. The molecule has 5 heteroatoms. The molecule has 1 heterocycles. The third-order valence-corrected chi connectivity index (χ3v) is 9.45. The van der Waals surface area contributed by atoms with E-state index < -0.39 is 18.6 Å². The monoisotopic (exact) mass is 463 g/mol. The SMILES string of the molecule is C=C1[C@H](O)CC(=C/C=C2\CCC[C@]3(C)[C@@H](C(C)CN4CC[C@H](CC(F)F)C4)CC[C@@H]23)C[C@H]1O. The fraction of sp³-hybridized carbons (Fsp3) is 0.786. The van der Waals surface area contributed by atoms with Gasteiger partial charge in [-0.2, -0.15) is 0 Å². The molecule has 4 fully saturated rings. The minimum absolute atomic E-state index is 0.0555. The van der Waals surface area contributed by atoms with E-state index in [1.54, 1.807) is 0 Å². The Hall–Kier alpha value is -1.04. The van der Waals surface area contributed by atoms with Crippen LogP contribution in [0.1, 0.15) is 71.6 Å². The number of aliphatic hydroxyl groups is 2. The van der Waals surface area contributed by atoms with Gasteiger partial charge in [-0.15, -0.1) is 0 Å². The van der Waals surface area contributed by atoms with E-state index in [9.17, 15) is 19.0 Å². The molecule has 2 N–H and O–H groups in total. The smallest absolute Gasteiger partial charge is 0.238 e. The highest BCUT2D eigenvalue weighted by atomic mass is 19.3. The quantitative estimate of drug-likeness (QED) is 0.494. The zero-order valence-electron chi connectivity index (χ0n) is 20.5. The molecule has 0 bridgehead atoms. The van der Waals surface area contributed by atoms with Crippen molar-refractivity contribution in [3.63, 3.8) is 0 Å². The van der Waals surface area contributed by atoms with Crippen LogP contribution in [0.15, 0.2) is 35.5 Å². The number of rotatable bonds is 6. The average molecular weight is 464 g/mol. The first-order valence-electron chi connectivity index (χ1n) is 13.1. The summed E-state index contributed by atoms with van der Waals surface area (Å²) in [4.78, 5) is 2.44. The molecule has 0 radical (unpaired) electrons. The van der Waals surface area contributed by atoms with Gasteiger partial charge in [-0.1, -0.05) is 43.7 Å². The third-order valence-electron chi connectivity index (χ3n) is 9.45. The van der Waals surface area contributed by atoms with E-state index in [1.807, 2.05) is 0 Å². The van der Waals surface area contributed by atoms with Gasteiger partial charge in [0.05, 0.1) is 12.2 Å². The second-order valence-electron chi connectivity index (χ2n) is 11.7. The highest BCUT2D eigenvalue weighted by Crippen LogP contribution is 2.59. The number of allylic oxidation sites excluding steroid dienone is 3. The number of alkyl halides is 2. The molecule has 0 aromatic carbocycles. The molecule has 1 saturated heterocycles. The molecule has 0 aromatic rings. The van der Waals surface area contributed by atoms with Gasteiger partial charge in [0.25, 0.3) is 0 Å². The molecule has 4 rings (SSSR count). The second-order valence-corrected chi connectivity index (χ2v) is 11.7. The minimum atomic E-state index is -2.18. The van der Waals surface area contributed by atoms with E-state index in [0.29, 0.717) is 41.6 Å². The van der Waals surface area contributed by atoms with Gasteiger partial charge in [0.2, 0.25) is 6.43 Å². The molecule has 4 aliphatic rings. The van der Waals surface area contributed by atoms with E-state index in [2.05, 4.69) is 37.5 Å². The molecule has 186 valence electrons. The number of likely N-dealkylation sites (tertiary alicyclic amines) is 1. The molecular weight excluding hydrogens is 420 g/mol. The van der Waals surface area contributed by atoms with Crippen molar-refractivity contribution in [2.45, 2.75) is 90.3 Å². The number of fused-ring (bicyclic) bond motifs is 1. The van der Waals surface area contributed by atoms with Crippen molar-refractivity contribution < 1.29 is 19.0 Å². The fourth-order valence-corrected chi connectivity index (χ4v) is 7.70. The highest BCUT2D eigenvalue weighted by Gasteiger charge is 2.50. The third kappa shape index (κ3) is 5.46. The number of halogens is 2. The van der Waals surface area contributed by atoms with Crippen molar-refractivity contribution in [1.29, 1.82) is 0 Å². The molecule has 0 spiro atoms. The Bertz CT molecular complexity index is 762. The minimum Gasteiger partial charge on any atom is -0.388 e. The predicted octanol–water partition coefficient (Wildman–Crippen LogP) is 5.74. The number of hydrogen-bond donors (Lipinski definition) is 2. The van der Waals surface area contributed by atoms with Gasteiger partial charge < -0.3 is 15.1 Å². The summed E-state index contributed by atoms with van der Waals surface area (Å²) in [5.74, 6) is 2.02. The van der Waals surface area contributed by atoms with Gasteiger partial charge in [0.1, 0.15) is 0 Å². The fourth-order valence-electron chi connectivity index (χ4n) is 7.70. The molecule has 7 atom stereocenters. The van der Waals surface area contributed by atoms with Gasteiger partial charge in [-0.3, -0.25) is 0 Å². The van der Waals surface area contributed by atoms with E-state index in [1.165, 1.54) is 31.3 Å². The summed E-state index contributed by atoms with van der Waals surface area (Å²) in [6, 6.07) is 0. The lowest BCUT2D eigenvalue weighted by Crippen LogP contribution is -2.39. The number of hydrogen-bond acceptors (Lipinski definition) is 3. The van der Waals surface area contributed by atoms with Crippen LogP contribution in [-0.2, 0) is 0 Å². The summed E-state index contributed by atoms with van der Waals surface area (Å²) in [6.07, 6.45) is 9.23.